The summed E-state index contributed by atoms with van der Waals surface area (Å²) in [7, 11) is 1.30. The quantitative estimate of drug-likeness (QED) is 0.841. The Labute approximate surface area is 154 Å². The fourth-order valence-corrected chi connectivity index (χ4v) is 3.22. The van der Waals surface area contributed by atoms with Crippen molar-refractivity contribution in [2.75, 3.05) is 12.4 Å². The van der Waals surface area contributed by atoms with E-state index in [1.165, 1.54) is 13.2 Å². The van der Waals surface area contributed by atoms with Gasteiger partial charge in [-0.2, -0.15) is 13.2 Å². The van der Waals surface area contributed by atoms with Gasteiger partial charge < -0.3 is 15.2 Å². The maximum atomic E-state index is 12.9. The van der Waals surface area contributed by atoms with Crippen LogP contribution in [-0.2, 0) is 6.18 Å². The number of aromatic nitrogens is 3. The Morgan fingerprint density at radius 2 is 1.93 bits per heavy atom. The van der Waals surface area contributed by atoms with Gasteiger partial charge in [-0.3, -0.25) is 0 Å². The van der Waals surface area contributed by atoms with E-state index < -0.39 is 17.8 Å². The number of aryl methyl sites for hydroxylation is 1. The van der Waals surface area contributed by atoms with Gasteiger partial charge >= 0.3 is 6.18 Å². The van der Waals surface area contributed by atoms with E-state index >= 15 is 0 Å². The monoisotopic (exact) mass is 382 g/mol. The third-order valence-corrected chi connectivity index (χ3v) is 4.69. The Morgan fingerprint density at radius 1 is 1.19 bits per heavy atom. The summed E-state index contributed by atoms with van der Waals surface area (Å²) in [4.78, 5) is 4.35. The third kappa shape index (κ3) is 4.29. The van der Waals surface area contributed by atoms with Crippen molar-refractivity contribution in [2.24, 2.45) is 0 Å². The lowest BCUT2D eigenvalue weighted by Gasteiger charge is -2.28. The molecule has 2 N–H and O–H groups in total. The van der Waals surface area contributed by atoms with E-state index in [4.69, 9.17) is 4.74 Å². The molecular formula is C18H21F3N4O2. The van der Waals surface area contributed by atoms with E-state index in [1.54, 1.807) is 6.92 Å². The largest absolute Gasteiger partial charge is 0.496 e. The molecule has 6 nitrogen and oxygen atoms in total. The first-order valence-electron chi connectivity index (χ1n) is 8.71. The van der Waals surface area contributed by atoms with Gasteiger partial charge in [0.1, 0.15) is 11.4 Å². The van der Waals surface area contributed by atoms with Crippen LogP contribution in [0.2, 0.25) is 0 Å². The van der Waals surface area contributed by atoms with E-state index in [-0.39, 0.29) is 17.7 Å². The minimum absolute atomic E-state index is 0.0486. The van der Waals surface area contributed by atoms with Crippen LogP contribution < -0.4 is 10.1 Å². The topological polar surface area (TPSA) is 80.2 Å². The second-order valence-corrected chi connectivity index (χ2v) is 6.58. The van der Waals surface area contributed by atoms with Crippen LogP contribution in [-0.4, -0.2) is 39.5 Å². The van der Waals surface area contributed by atoms with E-state index in [9.17, 15) is 18.3 Å². The number of alkyl halides is 3. The smallest absolute Gasteiger partial charge is 0.416 e. The lowest BCUT2D eigenvalue weighted by Crippen LogP contribution is -2.37. The van der Waals surface area contributed by atoms with E-state index in [2.05, 4.69) is 20.5 Å². The van der Waals surface area contributed by atoms with Crippen molar-refractivity contribution in [1.29, 1.82) is 0 Å². The van der Waals surface area contributed by atoms with Crippen molar-refractivity contribution in [1.82, 2.24) is 15.2 Å². The number of ether oxygens (including phenoxy) is 1. The highest BCUT2D eigenvalue weighted by molar-refractivity contribution is 5.69. The lowest BCUT2D eigenvalue weighted by atomic mass is 9.93. The molecular weight excluding hydrogens is 361 g/mol. The molecule has 0 amide bonds. The number of aliphatic hydroxyl groups excluding tert-OH is 1. The lowest BCUT2D eigenvalue weighted by molar-refractivity contribution is -0.137. The highest BCUT2D eigenvalue weighted by atomic mass is 19.4. The van der Waals surface area contributed by atoms with Gasteiger partial charge in [0.15, 0.2) is 0 Å². The number of methoxy groups -OCH3 is 1. The first-order chi connectivity index (χ1) is 12.8. The van der Waals surface area contributed by atoms with Crippen LogP contribution in [0, 0.1) is 6.92 Å². The second kappa shape index (κ2) is 7.67. The molecule has 146 valence electrons. The van der Waals surface area contributed by atoms with E-state index in [0.29, 0.717) is 17.0 Å². The summed E-state index contributed by atoms with van der Waals surface area (Å²) in [5.74, 6) is 0.334. The molecule has 2 atom stereocenters. The van der Waals surface area contributed by atoms with Crippen LogP contribution in [0.25, 0.3) is 11.3 Å². The summed E-state index contributed by atoms with van der Waals surface area (Å²) in [5.41, 5.74) is 0.421. The second-order valence-electron chi connectivity index (χ2n) is 6.58. The molecule has 1 aromatic heterocycles. The van der Waals surface area contributed by atoms with Crippen LogP contribution >= 0.6 is 0 Å². The molecule has 9 heteroatoms. The van der Waals surface area contributed by atoms with Crippen LogP contribution in [0.1, 0.15) is 36.9 Å². The number of aliphatic hydroxyl groups is 1. The number of hydrogen-bond acceptors (Lipinski definition) is 6. The molecule has 0 aliphatic heterocycles. The molecule has 0 saturated heterocycles. The Kier molecular flexibility index (Phi) is 5.50. The molecule has 1 aliphatic rings. The summed E-state index contributed by atoms with van der Waals surface area (Å²) in [6, 6.07) is 3.08. The predicted octanol–water partition coefficient (Wildman–Crippen LogP) is 3.59. The van der Waals surface area contributed by atoms with Crippen LogP contribution in [0.15, 0.2) is 18.2 Å². The average molecular weight is 382 g/mol. The van der Waals surface area contributed by atoms with Gasteiger partial charge in [-0.1, -0.05) is 12.8 Å². The van der Waals surface area contributed by atoms with Gasteiger partial charge in [0, 0.05) is 5.56 Å². The maximum absolute atomic E-state index is 12.9. The molecule has 2 aromatic rings. The molecule has 0 bridgehead atoms. The van der Waals surface area contributed by atoms with Gasteiger partial charge in [-0.05, 0) is 38.0 Å². The predicted molar refractivity (Wildman–Crippen MR) is 93.4 cm³/mol. The molecule has 1 aromatic carbocycles. The summed E-state index contributed by atoms with van der Waals surface area (Å²) < 4.78 is 43.8. The number of halogens is 3. The summed E-state index contributed by atoms with van der Waals surface area (Å²) in [6.45, 7) is 1.70. The zero-order valence-corrected chi connectivity index (χ0v) is 15.0. The minimum atomic E-state index is -4.46. The summed E-state index contributed by atoms with van der Waals surface area (Å²) >= 11 is 0. The van der Waals surface area contributed by atoms with E-state index in [1.807, 2.05) is 0 Å². The molecule has 0 spiro atoms. The van der Waals surface area contributed by atoms with Crippen molar-refractivity contribution >= 4 is 5.95 Å². The number of nitrogens with one attached hydrogen (secondary N) is 1. The van der Waals surface area contributed by atoms with Gasteiger partial charge in [0.25, 0.3) is 0 Å². The number of anilines is 1. The highest BCUT2D eigenvalue weighted by Crippen LogP contribution is 2.37. The van der Waals surface area contributed by atoms with Crippen molar-refractivity contribution in [3.8, 4) is 17.0 Å². The molecule has 1 saturated carbocycles. The van der Waals surface area contributed by atoms with Crippen molar-refractivity contribution in [2.45, 2.75) is 50.9 Å². The first kappa shape index (κ1) is 19.3. The van der Waals surface area contributed by atoms with Gasteiger partial charge in [0.05, 0.1) is 30.5 Å². The molecule has 0 unspecified atom stereocenters. The van der Waals surface area contributed by atoms with Crippen LogP contribution in [0.5, 0.6) is 5.75 Å². The number of nitrogens with zero attached hydrogens (tertiary/aromatic N) is 3. The maximum Gasteiger partial charge on any atom is 0.416 e. The standard InChI is InChI=1S/C18H21F3N4O2/c1-10-16(12-8-7-11(18(19,20)21)9-15(12)27-2)24-25-17(22-10)23-13-5-3-4-6-14(13)26/h7-9,13-14,26H,3-6H2,1-2H3,(H,22,23,25)/t13-,14-/m1/s1. The van der Waals surface area contributed by atoms with Gasteiger partial charge in [-0.15, -0.1) is 10.2 Å². The minimum Gasteiger partial charge on any atom is -0.496 e. The average Bonchev–Trinajstić information content (AvgIpc) is 2.62. The molecule has 1 fully saturated rings. The van der Waals surface area contributed by atoms with E-state index in [0.717, 1.165) is 37.8 Å². The molecule has 27 heavy (non-hydrogen) atoms. The zero-order chi connectivity index (χ0) is 19.6. The highest BCUT2D eigenvalue weighted by Gasteiger charge is 2.31. The van der Waals surface area contributed by atoms with Crippen LogP contribution in [0.4, 0.5) is 19.1 Å². The molecule has 0 radical (unpaired) electrons. The number of hydrogen-bond donors (Lipinski definition) is 2. The Balaban J connectivity index is 1.87. The zero-order valence-electron chi connectivity index (χ0n) is 15.0. The molecule has 3 rings (SSSR count). The molecule has 1 aliphatic carbocycles. The third-order valence-electron chi connectivity index (χ3n) is 4.69. The Bertz CT molecular complexity index is 814. The Morgan fingerprint density at radius 3 is 2.56 bits per heavy atom. The summed E-state index contributed by atoms with van der Waals surface area (Å²) in [6.07, 6.45) is -1.37. The fraction of sp³-hybridized carbons (Fsp3) is 0.500. The normalized spacial score (nSPS) is 20.4. The van der Waals surface area contributed by atoms with Gasteiger partial charge in [-0.25, -0.2) is 4.98 Å². The van der Waals surface area contributed by atoms with Crippen molar-refractivity contribution in [3.05, 3.63) is 29.5 Å². The fourth-order valence-electron chi connectivity index (χ4n) is 3.22. The van der Waals surface area contributed by atoms with Crippen molar-refractivity contribution in [3.63, 3.8) is 0 Å². The summed E-state index contributed by atoms with van der Waals surface area (Å²) in [5, 5.41) is 21.3. The number of benzene rings is 1. The number of rotatable bonds is 4. The molecule has 1 heterocycles. The van der Waals surface area contributed by atoms with Crippen molar-refractivity contribution < 1.29 is 23.0 Å². The Hall–Kier alpha value is -2.42. The van der Waals surface area contributed by atoms with Gasteiger partial charge in [0.2, 0.25) is 5.95 Å². The van der Waals surface area contributed by atoms with Crippen LogP contribution in [0.3, 0.4) is 0 Å². The SMILES string of the molecule is COc1cc(C(F)(F)F)ccc1-c1nnc(N[C@@H]2CCCC[C@H]2O)nc1C. The first-order valence-corrected chi connectivity index (χ1v) is 8.71.